The highest BCUT2D eigenvalue weighted by Gasteiger charge is 2.30. The Hall–Kier alpha value is -2.70. The fraction of sp³-hybridized carbons (Fsp3) is 0.0714. The van der Waals surface area contributed by atoms with Gasteiger partial charge >= 0.3 is 6.18 Å². The van der Waals surface area contributed by atoms with Gasteiger partial charge in [0.15, 0.2) is 0 Å². The highest BCUT2D eigenvalue weighted by molar-refractivity contribution is 5.81. The zero-order valence-corrected chi connectivity index (χ0v) is 10.5. The molecule has 1 heterocycles. The van der Waals surface area contributed by atoms with Gasteiger partial charge in [-0.25, -0.2) is 4.68 Å². The van der Waals surface area contributed by atoms with Crippen molar-refractivity contribution in [3.63, 3.8) is 0 Å². The first-order valence-electron chi connectivity index (χ1n) is 5.98. The van der Waals surface area contributed by atoms with Crippen LogP contribution < -0.4 is 0 Å². The van der Waals surface area contributed by atoms with E-state index in [0.717, 1.165) is 12.1 Å². The third-order valence-corrected chi connectivity index (χ3v) is 3.03. The standard InChI is InChI=1S/C14H8F3N3O/c15-14(16,17)10-2-1-3-12(7-10)20-8-9-6-11(19-21)4-5-13(9)18-20/h1-8H. The zero-order chi connectivity index (χ0) is 15.0. The van der Waals surface area contributed by atoms with E-state index in [4.69, 9.17) is 0 Å². The zero-order valence-electron chi connectivity index (χ0n) is 10.5. The Balaban J connectivity index is 2.10. The predicted octanol–water partition coefficient (Wildman–Crippen LogP) is 4.44. The summed E-state index contributed by atoms with van der Waals surface area (Å²) in [4.78, 5) is 10.5. The van der Waals surface area contributed by atoms with Gasteiger partial charge in [-0.1, -0.05) is 6.07 Å². The fourth-order valence-electron chi connectivity index (χ4n) is 2.03. The van der Waals surface area contributed by atoms with Crippen molar-refractivity contribution in [2.45, 2.75) is 6.18 Å². The molecule has 2 aromatic carbocycles. The maximum atomic E-state index is 12.7. The molecule has 7 heteroatoms. The van der Waals surface area contributed by atoms with Gasteiger partial charge in [0.25, 0.3) is 0 Å². The summed E-state index contributed by atoms with van der Waals surface area (Å²) in [5.74, 6) is 0. The molecule has 21 heavy (non-hydrogen) atoms. The van der Waals surface area contributed by atoms with Crippen LogP contribution in [0.15, 0.2) is 53.8 Å². The molecule has 3 aromatic rings. The maximum Gasteiger partial charge on any atom is 0.416 e. The highest BCUT2D eigenvalue weighted by Crippen LogP contribution is 2.30. The van der Waals surface area contributed by atoms with Crippen molar-refractivity contribution < 1.29 is 13.2 Å². The average molecular weight is 291 g/mol. The second-order valence-electron chi connectivity index (χ2n) is 4.46. The molecule has 0 aliphatic heterocycles. The van der Waals surface area contributed by atoms with Crippen LogP contribution in [0.2, 0.25) is 0 Å². The molecular formula is C14H8F3N3O. The van der Waals surface area contributed by atoms with Crippen LogP contribution in [0.5, 0.6) is 0 Å². The minimum Gasteiger partial charge on any atom is -0.240 e. The molecule has 0 fully saturated rings. The lowest BCUT2D eigenvalue weighted by molar-refractivity contribution is -0.137. The predicted molar refractivity (Wildman–Crippen MR) is 71.5 cm³/mol. The Bertz CT molecular complexity index is 824. The summed E-state index contributed by atoms with van der Waals surface area (Å²) >= 11 is 0. The summed E-state index contributed by atoms with van der Waals surface area (Å²) in [6, 6.07) is 9.49. The van der Waals surface area contributed by atoms with Gasteiger partial charge in [-0.3, -0.25) is 0 Å². The van der Waals surface area contributed by atoms with Crippen molar-refractivity contribution in [2.75, 3.05) is 0 Å². The van der Waals surface area contributed by atoms with E-state index in [0.29, 0.717) is 16.6 Å². The Morgan fingerprint density at radius 2 is 1.90 bits per heavy atom. The molecule has 0 saturated heterocycles. The Kier molecular flexibility index (Phi) is 2.97. The molecule has 0 atom stereocenters. The molecule has 3 rings (SSSR count). The third-order valence-electron chi connectivity index (χ3n) is 3.03. The molecule has 4 nitrogen and oxygen atoms in total. The second-order valence-corrected chi connectivity index (χ2v) is 4.46. The highest BCUT2D eigenvalue weighted by atomic mass is 19.4. The van der Waals surface area contributed by atoms with Crippen molar-refractivity contribution in [3.05, 3.63) is 59.1 Å². The van der Waals surface area contributed by atoms with E-state index in [2.05, 4.69) is 10.3 Å². The number of nitrogens with zero attached hydrogens (tertiary/aromatic N) is 3. The third kappa shape index (κ3) is 2.49. The fourth-order valence-corrected chi connectivity index (χ4v) is 2.03. The van der Waals surface area contributed by atoms with Gasteiger partial charge in [0.1, 0.15) is 5.69 Å². The first-order valence-corrected chi connectivity index (χ1v) is 5.98. The van der Waals surface area contributed by atoms with Crippen LogP contribution in [0.3, 0.4) is 0 Å². The molecule has 0 saturated carbocycles. The number of fused-ring (bicyclic) bond motifs is 1. The molecule has 0 spiro atoms. The SMILES string of the molecule is O=Nc1ccc2nn(-c3cccc(C(F)(F)F)c3)cc2c1. The number of alkyl halides is 3. The number of aromatic nitrogens is 2. The van der Waals surface area contributed by atoms with Crippen LogP contribution in [0.4, 0.5) is 18.9 Å². The minimum atomic E-state index is -4.41. The molecule has 0 N–H and O–H groups in total. The molecule has 0 aliphatic carbocycles. The lowest BCUT2D eigenvalue weighted by Gasteiger charge is -2.08. The first-order chi connectivity index (χ1) is 9.97. The van der Waals surface area contributed by atoms with Gasteiger partial charge in [-0.15, -0.1) is 4.91 Å². The summed E-state index contributed by atoms with van der Waals surface area (Å²) < 4.78 is 39.5. The largest absolute Gasteiger partial charge is 0.416 e. The lowest BCUT2D eigenvalue weighted by atomic mass is 10.2. The number of halogens is 3. The molecule has 1 aromatic heterocycles. The summed E-state index contributed by atoms with van der Waals surface area (Å²) in [7, 11) is 0. The summed E-state index contributed by atoms with van der Waals surface area (Å²) in [5.41, 5.74) is 0.363. The normalized spacial score (nSPS) is 11.8. The van der Waals surface area contributed by atoms with Crippen molar-refractivity contribution in [3.8, 4) is 5.69 Å². The van der Waals surface area contributed by atoms with Gasteiger partial charge in [0.05, 0.1) is 16.8 Å². The number of benzene rings is 2. The topological polar surface area (TPSA) is 47.2 Å². The van der Waals surface area contributed by atoms with E-state index >= 15 is 0 Å². The van der Waals surface area contributed by atoms with Crippen LogP contribution >= 0.6 is 0 Å². The Labute approximate surface area is 116 Å². The molecule has 0 bridgehead atoms. The van der Waals surface area contributed by atoms with E-state index in [1.165, 1.54) is 28.9 Å². The van der Waals surface area contributed by atoms with E-state index in [1.54, 1.807) is 12.3 Å². The van der Waals surface area contributed by atoms with E-state index < -0.39 is 11.7 Å². The summed E-state index contributed by atoms with van der Waals surface area (Å²) in [6.45, 7) is 0. The molecule has 0 amide bonds. The van der Waals surface area contributed by atoms with Crippen molar-refractivity contribution in [2.24, 2.45) is 5.18 Å². The Morgan fingerprint density at radius 3 is 2.62 bits per heavy atom. The first kappa shape index (κ1) is 13.3. The van der Waals surface area contributed by atoms with Gasteiger partial charge in [0, 0.05) is 11.6 Å². The van der Waals surface area contributed by atoms with Crippen LogP contribution in [0, 0.1) is 4.91 Å². The Morgan fingerprint density at radius 1 is 1.10 bits per heavy atom. The maximum absolute atomic E-state index is 12.7. The second kappa shape index (κ2) is 4.69. The number of nitroso groups, excluding NO2 is 1. The van der Waals surface area contributed by atoms with Gasteiger partial charge in [-0.05, 0) is 41.6 Å². The summed E-state index contributed by atoms with van der Waals surface area (Å²) in [6.07, 6.45) is -2.85. The molecule has 0 unspecified atom stereocenters. The smallest absolute Gasteiger partial charge is 0.240 e. The van der Waals surface area contributed by atoms with Crippen molar-refractivity contribution in [1.29, 1.82) is 0 Å². The minimum absolute atomic E-state index is 0.242. The molecule has 0 aliphatic rings. The summed E-state index contributed by atoms with van der Waals surface area (Å²) in [5, 5.41) is 7.63. The number of hydrogen-bond acceptors (Lipinski definition) is 3. The van der Waals surface area contributed by atoms with Crippen molar-refractivity contribution in [1.82, 2.24) is 9.78 Å². The van der Waals surface area contributed by atoms with Gasteiger partial charge < -0.3 is 0 Å². The molecule has 0 radical (unpaired) electrons. The van der Waals surface area contributed by atoms with Crippen LogP contribution in [-0.2, 0) is 6.18 Å². The lowest BCUT2D eigenvalue weighted by Crippen LogP contribution is -2.06. The van der Waals surface area contributed by atoms with Crippen LogP contribution in [0.1, 0.15) is 5.56 Å². The number of rotatable bonds is 2. The molecular weight excluding hydrogens is 283 g/mol. The van der Waals surface area contributed by atoms with Crippen molar-refractivity contribution >= 4 is 16.6 Å². The van der Waals surface area contributed by atoms with E-state index in [-0.39, 0.29) is 5.69 Å². The van der Waals surface area contributed by atoms with Crippen LogP contribution in [0.25, 0.3) is 16.6 Å². The quantitative estimate of drug-likeness (QED) is 0.655. The van der Waals surface area contributed by atoms with E-state index in [9.17, 15) is 18.1 Å². The monoisotopic (exact) mass is 291 g/mol. The molecule has 106 valence electrons. The van der Waals surface area contributed by atoms with Gasteiger partial charge in [0.2, 0.25) is 0 Å². The van der Waals surface area contributed by atoms with Gasteiger partial charge in [-0.2, -0.15) is 18.3 Å². The average Bonchev–Trinajstić information content (AvgIpc) is 2.89. The van der Waals surface area contributed by atoms with Crippen LogP contribution in [-0.4, -0.2) is 9.78 Å². The number of hydrogen-bond donors (Lipinski definition) is 0. The van der Waals surface area contributed by atoms with E-state index in [1.807, 2.05) is 0 Å².